The Balaban J connectivity index is 1.03. The lowest BCUT2D eigenvalue weighted by Crippen LogP contribution is -2.22. The van der Waals surface area contributed by atoms with Crippen molar-refractivity contribution in [2.75, 3.05) is 37.7 Å². The molecule has 1 aromatic heterocycles. The van der Waals surface area contributed by atoms with Gasteiger partial charge >= 0.3 is 0 Å². The Morgan fingerprint density at radius 3 is 1.64 bits per heavy atom. The van der Waals surface area contributed by atoms with Crippen LogP contribution in [0.1, 0.15) is 208 Å². The highest BCUT2D eigenvalue weighted by Crippen LogP contribution is 2.55. The minimum Gasteiger partial charge on any atom is -0.507 e. The number of aromatic hydroxyl groups is 4. The van der Waals surface area contributed by atoms with Crippen LogP contribution in [0.2, 0.25) is 0 Å². The second-order valence-electron chi connectivity index (χ2n) is 25.9. The third-order valence-electron chi connectivity index (χ3n) is 19.4. The van der Waals surface area contributed by atoms with E-state index in [-0.39, 0.29) is 59.7 Å². The second kappa shape index (κ2) is 26.8. The van der Waals surface area contributed by atoms with Gasteiger partial charge in [0.05, 0.1) is 11.4 Å². The summed E-state index contributed by atoms with van der Waals surface area (Å²) in [5.41, 5.74) is 16.6. The van der Waals surface area contributed by atoms with Gasteiger partial charge in [0.1, 0.15) is 47.7 Å². The normalized spacial score (nSPS) is 22.1. The minimum absolute atomic E-state index is 0.0235. The number of hydrogen-bond donors (Lipinski definition) is 6. The minimum atomic E-state index is -0.358. The van der Waals surface area contributed by atoms with E-state index in [1.165, 1.54) is 11.1 Å². The maximum atomic E-state index is 13.1. The molecule has 5 aromatic rings. The second-order valence-corrected chi connectivity index (χ2v) is 25.9. The van der Waals surface area contributed by atoms with Crippen molar-refractivity contribution >= 4 is 16.6 Å². The molecule has 0 radical (unpaired) electrons. The van der Waals surface area contributed by atoms with Crippen molar-refractivity contribution in [1.29, 1.82) is 0 Å². The molecule has 6 N–H and O–H groups in total. The third kappa shape index (κ3) is 13.1. The zero-order valence-electron chi connectivity index (χ0n) is 51.8. The van der Waals surface area contributed by atoms with E-state index in [1.54, 1.807) is 0 Å². The Hall–Kier alpha value is -6.58. The summed E-state index contributed by atoms with van der Waals surface area (Å²) >= 11 is 0. The van der Waals surface area contributed by atoms with Gasteiger partial charge in [0, 0.05) is 82.2 Å². The van der Waals surface area contributed by atoms with Gasteiger partial charge in [-0.05, 0) is 181 Å². The molecule has 0 saturated carbocycles. The van der Waals surface area contributed by atoms with Gasteiger partial charge < -0.3 is 45.1 Å². The lowest BCUT2D eigenvalue weighted by atomic mass is 9.72. The number of unbranched alkanes of at least 4 members (excludes halogenated alkanes) is 6. The molecule has 10 rings (SSSR count). The number of nitrogens with zero attached hydrogens (tertiary/aromatic N) is 1. The summed E-state index contributed by atoms with van der Waals surface area (Å²) in [6.45, 7) is 32.0. The molecule has 3 aliphatic carbocycles. The van der Waals surface area contributed by atoms with Crippen molar-refractivity contribution in [3.8, 4) is 45.8 Å². The first kappa shape index (κ1) is 60.5. The van der Waals surface area contributed by atoms with Gasteiger partial charge in [-0.25, -0.2) is 0 Å². The van der Waals surface area contributed by atoms with E-state index in [1.807, 2.05) is 18.2 Å². The number of ether oxygens (including phenoxy) is 2. The fraction of sp³-hybridized carbons (Fsp3) is 0.493. The molecular weight excluding hydrogens is 1040 g/mol. The molecule has 7 atom stereocenters. The van der Waals surface area contributed by atoms with Crippen LogP contribution in [-0.2, 0) is 19.3 Å². The number of rotatable bonds is 27. The lowest BCUT2D eigenvalue weighted by Gasteiger charge is -2.35. The summed E-state index contributed by atoms with van der Waals surface area (Å²) < 4.78 is 14.4. The van der Waals surface area contributed by atoms with E-state index in [0.29, 0.717) is 29.4 Å². The van der Waals surface area contributed by atoms with Crippen LogP contribution in [-0.4, -0.2) is 58.3 Å². The quantitative estimate of drug-likeness (QED) is 0.0174. The molecule has 9 nitrogen and oxygen atoms in total. The first-order valence-corrected chi connectivity index (χ1v) is 32.3. The molecule has 0 amide bonds. The van der Waals surface area contributed by atoms with E-state index in [2.05, 4.69) is 132 Å². The van der Waals surface area contributed by atoms with E-state index >= 15 is 0 Å². The van der Waals surface area contributed by atoms with Crippen LogP contribution in [0.5, 0.6) is 34.5 Å². The van der Waals surface area contributed by atoms with Gasteiger partial charge in [0.25, 0.3) is 0 Å². The van der Waals surface area contributed by atoms with Crippen molar-refractivity contribution in [1.82, 2.24) is 10.3 Å². The van der Waals surface area contributed by atoms with Crippen LogP contribution >= 0.6 is 0 Å². The molecule has 2 aliphatic heterocycles. The van der Waals surface area contributed by atoms with Crippen LogP contribution in [0.25, 0.3) is 22.2 Å². The highest BCUT2D eigenvalue weighted by molar-refractivity contribution is 5.89. The largest absolute Gasteiger partial charge is 0.507 e. The number of fused-ring (bicyclic) bond motifs is 1. The molecule has 448 valence electrons. The number of hydrogen-bond acceptors (Lipinski definition) is 8. The van der Waals surface area contributed by atoms with Crippen molar-refractivity contribution in [2.24, 2.45) is 17.8 Å². The Bertz CT molecular complexity index is 3310. The average Bonchev–Trinajstić information content (AvgIpc) is 4.35. The Labute approximate surface area is 502 Å². The third-order valence-corrected chi connectivity index (χ3v) is 19.4. The van der Waals surface area contributed by atoms with E-state index in [0.717, 1.165) is 224 Å². The first-order valence-electron chi connectivity index (χ1n) is 32.3. The summed E-state index contributed by atoms with van der Waals surface area (Å²) in [6, 6.07) is 16.8. The van der Waals surface area contributed by atoms with Crippen LogP contribution in [0.3, 0.4) is 0 Å². The van der Waals surface area contributed by atoms with Crippen LogP contribution < -0.4 is 19.7 Å². The molecular formula is C75H97N3O6. The van der Waals surface area contributed by atoms with Gasteiger partial charge in [-0.1, -0.05) is 138 Å². The van der Waals surface area contributed by atoms with Gasteiger partial charge in [0.2, 0.25) is 0 Å². The van der Waals surface area contributed by atoms with Gasteiger partial charge in [-0.3, -0.25) is 0 Å². The van der Waals surface area contributed by atoms with E-state index < -0.39 is 0 Å². The van der Waals surface area contributed by atoms with Gasteiger partial charge in [-0.15, -0.1) is 0 Å². The van der Waals surface area contributed by atoms with E-state index in [9.17, 15) is 20.4 Å². The number of aromatic nitrogens is 1. The summed E-state index contributed by atoms with van der Waals surface area (Å²) in [4.78, 5) is 5.90. The molecule has 4 aromatic carbocycles. The number of phenolic OH excluding ortho intramolecular Hbond substituents is 4. The van der Waals surface area contributed by atoms with Crippen molar-refractivity contribution < 1.29 is 29.9 Å². The monoisotopic (exact) mass is 1140 g/mol. The van der Waals surface area contributed by atoms with Crippen molar-refractivity contribution in [3.63, 3.8) is 0 Å². The number of anilines is 1. The number of H-pyrrole nitrogens is 1. The maximum Gasteiger partial charge on any atom is 0.146 e. The average molecular weight is 1140 g/mol. The number of benzene rings is 4. The zero-order valence-corrected chi connectivity index (χ0v) is 51.8. The summed E-state index contributed by atoms with van der Waals surface area (Å²) in [6.07, 6.45) is 24.1. The SMILES string of the molecule is C=C(C)C1CCC(COc2cc(CCCCC)c(N3CC3)c(O)c2C2C=C(COc3cc(CCCCC)c(C4CN4)c(O)c3C3C=C(C)CCC3C(=C)C)CCC2C(=C)C)=CC1c1c(O)cc(CCCCC)c(-c2cc3ccccc3[nH]2)c1O. The lowest BCUT2D eigenvalue weighted by molar-refractivity contribution is 0.313. The molecule has 9 heteroatoms. The standard InChI is InChI=1S/C75H97N3O6/c1-11-14-17-23-52-39-64(79)69(73(80)67(52)62-38-51-22-20-21-26-61(51)77-62)59-36-49(28-31-56(59)46(6)7)43-84-66-41-54(25-19-16-13-3)72(78-33-34-78)75(82)71(66)60-37-50(29-32-57(60)47(8)9)44-83-65-40-53(24-18-15-12-2)68(63-42-76-63)74(81)70(65)58-35-48(10)27-30-55(58)45(4)5/h20-22,26,35-41,55-60,63,76-77,79-82H,4,6,8,11-19,23-25,27-34,42-44H2,1-3,5,7,9-10H3. The number of allylic oxidation sites excluding steroid dienone is 7. The predicted molar refractivity (Wildman–Crippen MR) is 348 cm³/mol. The van der Waals surface area contributed by atoms with Gasteiger partial charge in [-0.2, -0.15) is 0 Å². The topological polar surface area (TPSA) is 140 Å². The Kier molecular flexibility index (Phi) is 19.3. The summed E-state index contributed by atoms with van der Waals surface area (Å²) in [7, 11) is 0. The fourth-order valence-electron chi connectivity index (χ4n) is 14.6. The molecule has 84 heavy (non-hydrogen) atoms. The molecule has 2 fully saturated rings. The van der Waals surface area contributed by atoms with Crippen LogP contribution in [0.15, 0.2) is 120 Å². The van der Waals surface area contributed by atoms with E-state index in [4.69, 9.17) is 9.47 Å². The summed E-state index contributed by atoms with van der Waals surface area (Å²) in [5.74, 6) is 1.84. The van der Waals surface area contributed by atoms with Gasteiger partial charge in [0.15, 0.2) is 0 Å². The highest BCUT2D eigenvalue weighted by Gasteiger charge is 2.40. The Morgan fingerprint density at radius 1 is 0.583 bits per heavy atom. The fourth-order valence-corrected chi connectivity index (χ4v) is 14.6. The molecule has 0 spiro atoms. The summed E-state index contributed by atoms with van der Waals surface area (Å²) in [5, 5.41) is 55.1. The molecule has 3 heterocycles. The number of para-hydroxylation sites is 1. The Morgan fingerprint density at radius 2 is 1.10 bits per heavy atom. The molecule has 0 bridgehead atoms. The van der Waals surface area contributed by atoms with Crippen LogP contribution in [0, 0.1) is 17.8 Å². The van der Waals surface area contributed by atoms with Crippen molar-refractivity contribution in [3.05, 3.63) is 159 Å². The number of aryl methyl sites for hydroxylation is 3. The maximum absolute atomic E-state index is 13.1. The molecule has 7 unspecified atom stereocenters. The smallest absolute Gasteiger partial charge is 0.146 e. The number of phenols is 4. The highest BCUT2D eigenvalue weighted by atomic mass is 16.5. The first-order chi connectivity index (χ1) is 40.6. The number of aromatic amines is 1. The molecule has 5 aliphatic rings. The molecule has 2 saturated heterocycles. The van der Waals surface area contributed by atoms with Crippen LogP contribution in [0.4, 0.5) is 5.69 Å². The van der Waals surface area contributed by atoms with Crippen molar-refractivity contribution in [2.45, 2.75) is 188 Å². The number of nitrogens with one attached hydrogen (secondary N) is 2. The zero-order chi connectivity index (χ0) is 59.3. The predicted octanol–water partition coefficient (Wildman–Crippen LogP) is 18.5.